The molecule has 2 atom stereocenters. The van der Waals surface area contributed by atoms with E-state index in [1.165, 1.54) is 17.5 Å². The Morgan fingerprint density at radius 3 is 2.93 bits per heavy atom. The number of likely N-dealkylation sites (N-methyl/N-ethyl adjacent to an activating group) is 1. The van der Waals surface area contributed by atoms with Gasteiger partial charge in [0.05, 0.1) is 0 Å². The molecular weight excluding hydrogens is 184 g/mol. The van der Waals surface area contributed by atoms with Crippen molar-refractivity contribution in [1.82, 2.24) is 4.90 Å². The number of rotatable bonds is 2. The maximum absolute atomic E-state index is 5.80. The van der Waals surface area contributed by atoms with Gasteiger partial charge in [0, 0.05) is 12.6 Å². The van der Waals surface area contributed by atoms with Crippen molar-refractivity contribution < 1.29 is 0 Å². The first kappa shape index (κ1) is 10.7. The maximum atomic E-state index is 5.80. The van der Waals surface area contributed by atoms with Gasteiger partial charge >= 0.3 is 0 Å². The molecule has 0 saturated carbocycles. The summed E-state index contributed by atoms with van der Waals surface area (Å²) in [5.41, 5.74) is 8.77. The molecule has 82 valence electrons. The van der Waals surface area contributed by atoms with Gasteiger partial charge in [-0.15, -0.1) is 0 Å². The quantitative estimate of drug-likeness (QED) is 0.796. The Kier molecular flexibility index (Phi) is 3.08. The van der Waals surface area contributed by atoms with Gasteiger partial charge in [0.15, 0.2) is 0 Å². The Labute approximate surface area is 92.1 Å². The number of fused-ring (bicyclic) bond motifs is 1. The van der Waals surface area contributed by atoms with Crippen LogP contribution < -0.4 is 5.73 Å². The van der Waals surface area contributed by atoms with E-state index in [1.807, 2.05) is 0 Å². The van der Waals surface area contributed by atoms with Gasteiger partial charge in [-0.2, -0.15) is 0 Å². The van der Waals surface area contributed by atoms with Crippen LogP contribution in [0.4, 0.5) is 0 Å². The number of hydrogen-bond acceptors (Lipinski definition) is 2. The molecule has 2 N–H and O–H groups in total. The molecule has 0 fully saturated rings. The highest BCUT2D eigenvalue weighted by molar-refractivity contribution is 5.32. The third-order valence-electron chi connectivity index (χ3n) is 3.49. The summed E-state index contributed by atoms with van der Waals surface area (Å²) in [7, 11) is 2.20. The zero-order chi connectivity index (χ0) is 10.8. The first-order chi connectivity index (χ1) is 7.24. The molecule has 0 radical (unpaired) electrons. The van der Waals surface area contributed by atoms with Crippen molar-refractivity contribution in [1.29, 1.82) is 0 Å². The van der Waals surface area contributed by atoms with Crippen LogP contribution in [0.3, 0.4) is 0 Å². The van der Waals surface area contributed by atoms with Crippen molar-refractivity contribution in [3.05, 3.63) is 35.4 Å². The highest BCUT2D eigenvalue weighted by atomic mass is 15.1. The van der Waals surface area contributed by atoms with Crippen molar-refractivity contribution in [2.75, 3.05) is 20.1 Å². The van der Waals surface area contributed by atoms with Crippen molar-refractivity contribution >= 4 is 0 Å². The van der Waals surface area contributed by atoms with E-state index < -0.39 is 0 Å². The first-order valence-corrected chi connectivity index (χ1v) is 5.72. The van der Waals surface area contributed by atoms with Crippen LogP contribution in [0.15, 0.2) is 24.3 Å². The predicted molar refractivity (Wildman–Crippen MR) is 63.7 cm³/mol. The monoisotopic (exact) mass is 204 g/mol. The summed E-state index contributed by atoms with van der Waals surface area (Å²) in [5, 5.41) is 0. The lowest BCUT2D eigenvalue weighted by Gasteiger charge is -2.38. The molecule has 2 heteroatoms. The van der Waals surface area contributed by atoms with Crippen LogP contribution in [0.2, 0.25) is 0 Å². The molecule has 0 aliphatic carbocycles. The molecule has 2 nitrogen and oxygen atoms in total. The molecule has 0 bridgehead atoms. The van der Waals surface area contributed by atoms with Gasteiger partial charge < -0.3 is 5.73 Å². The molecule has 1 aliphatic heterocycles. The van der Waals surface area contributed by atoms with E-state index in [0.717, 1.165) is 13.1 Å². The summed E-state index contributed by atoms with van der Waals surface area (Å²) in [6.45, 7) is 4.14. The molecule has 0 spiro atoms. The molecule has 2 unspecified atom stereocenters. The summed E-state index contributed by atoms with van der Waals surface area (Å²) >= 11 is 0. The van der Waals surface area contributed by atoms with E-state index in [2.05, 4.69) is 43.1 Å². The third kappa shape index (κ3) is 1.92. The van der Waals surface area contributed by atoms with Crippen molar-refractivity contribution in [3.63, 3.8) is 0 Å². The highest BCUT2D eigenvalue weighted by Gasteiger charge is 2.27. The SMILES string of the molecule is CC(CN)C1c2ccccc2CCN1C. The Morgan fingerprint density at radius 2 is 2.20 bits per heavy atom. The van der Waals surface area contributed by atoms with Gasteiger partial charge in [0.25, 0.3) is 0 Å². The second-order valence-electron chi connectivity index (χ2n) is 4.59. The van der Waals surface area contributed by atoms with Crippen LogP contribution in [-0.4, -0.2) is 25.0 Å². The van der Waals surface area contributed by atoms with E-state index in [-0.39, 0.29) is 0 Å². The van der Waals surface area contributed by atoms with Crippen LogP contribution in [0.1, 0.15) is 24.1 Å². The number of hydrogen-bond donors (Lipinski definition) is 1. The first-order valence-electron chi connectivity index (χ1n) is 5.72. The second-order valence-corrected chi connectivity index (χ2v) is 4.59. The fraction of sp³-hybridized carbons (Fsp3) is 0.538. The summed E-state index contributed by atoms with van der Waals surface area (Å²) < 4.78 is 0. The van der Waals surface area contributed by atoms with Crippen LogP contribution in [0, 0.1) is 5.92 Å². The molecular formula is C13H20N2. The van der Waals surface area contributed by atoms with E-state index in [1.54, 1.807) is 0 Å². The number of nitrogens with two attached hydrogens (primary N) is 1. The molecule has 15 heavy (non-hydrogen) atoms. The summed E-state index contributed by atoms with van der Waals surface area (Å²) in [6.07, 6.45) is 1.17. The van der Waals surface area contributed by atoms with Gasteiger partial charge in [-0.05, 0) is 37.1 Å². The summed E-state index contributed by atoms with van der Waals surface area (Å²) in [5.74, 6) is 0.524. The minimum absolute atomic E-state index is 0.500. The molecule has 1 aromatic carbocycles. The number of benzene rings is 1. The topological polar surface area (TPSA) is 29.3 Å². The lowest BCUT2D eigenvalue weighted by atomic mass is 9.86. The van der Waals surface area contributed by atoms with Crippen LogP contribution in [-0.2, 0) is 6.42 Å². The zero-order valence-corrected chi connectivity index (χ0v) is 9.61. The Bertz CT molecular complexity index is 335. The van der Waals surface area contributed by atoms with E-state index in [9.17, 15) is 0 Å². The lowest BCUT2D eigenvalue weighted by Crippen LogP contribution is -2.38. The van der Waals surface area contributed by atoms with Crippen LogP contribution >= 0.6 is 0 Å². The normalized spacial score (nSPS) is 23.5. The van der Waals surface area contributed by atoms with Gasteiger partial charge in [-0.25, -0.2) is 0 Å². The predicted octanol–water partition coefficient (Wildman–Crippen LogP) is 1.81. The smallest absolute Gasteiger partial charge is 0.0385 e. The molecule has 1 heterocycles. The van der Waals surface area contributed by atoms with Gasteiger partial charge in [-0.3, -0.25) is 4.90 Å². The Hall–Kier alpha value is -0.860. The molecule has 0 saturated heterocycles. The lowest BCUT2D eigenvalue weighted by molar-refractivity contribution is 0.176. The molecule has 2 rings (SSSR count). The highest BCUT2D eigenvalue weighted by Crippen LogP contribution is 2.33. The summed E-state index contributed by atoms with van der Waals surface area (Å²) in [4.78, 5) is 2.43. The maximum Gasteiger partial charge on any atom is 0.0385 e. The minimum Gasteiger partial charge on any atom is -0.330 e. The Morgan fingerprint density at radius 1 is 1.47 bits per heavy atom. The summed E-state index contributed by atoms with van der Waals surface area (Å²) in [6, 6.07) is 9.27. The minimum atomic E-state index is 0.500. The zero-order valence-electron chi connectivity index (χ0n) is 9.61. The second kappa shape index (κ2) is 4.33. The van der Waals surface area contributed by atoms with E-state index >= 15 is 0 Å². The fourth-order valence-corrected chi connectivity index (χ4v) is 2.59. The van der Waals surface area contributed by atoms with Crippen molar-refractivity contribution in [2.24, 2.45) is 11.7 Å². The van der Waals surface area contributed by atoms with Crippen molar-refractivity contribution in [2.45, 2.75) is 19.4 Å². The molecule has 0 aromatic heterocycles. The van der Waals surface area contributed by atoms with Crippen LogP contribution in [0.25, 0.3) is 0 Å². The largest absolute Gasteiger partial charge is 0.330 e. The van der Waals surface area contributed by atoms with Gasteiger partial charge in [0.1, 0.15) is 0 Å². The average molecular weight is 204 g/mol. The van der Waals surface area contributed by atoms with Crippen molar-refractivity contribution in [3.8, 4) is 0 Å². The average Bonchev–Trinajstić information content (AvgIpc) is 2.28. The van der Waals surface area contributed by atoms with Gasteiger partial charge in [-0.1, -0.05) is 31.2 Å². The van der Waals surface area contributed by atoms with E-state index in [0.29, 0.717) is 12.0 Å². The number of nitrogens with zero attached hydrogens (tertiary/aromatic N) is 1. The van der Waals surface area contributed by atoms with E-state index in [4.69, 9.17) is 5.73 Å². The molecule has 1 aliphatic rings. The Balaban J connectivity index is 2.37. The molecule has 1 aromatic rings. The van der Waals surface area contributed by atoms with Crippen LogP contribution in [0.5, 0.6) is 0 Å². The van der Waals surface area contributed by atoms with Gasteiger partial charge in [0.2, 0.25) is 0 Å². The third-order valence-corrected chi connectivity index (χ3v) is 3.49. The standard InChI is InChI=1S/C13H20N2/c1-10(9-14)13-12-6-4-3-5-11(12)7-8-15(13)2/h3-6,10,13H,7-9,14H2,1-2H3. The fourth-order valence-electron chi connectivity index (χ4n) is 2.59. The molecule has 0 amide bonds.